The number of nitrogens with zero attached hydrogens (tertiary/aromatic N) is 1. The zero-order valence-corrected chi connectivity index (χ0v) is 8.87. The van der Waals surface area contributed by atoms with Crippen LogP contribution < -0.4 is 5.32 Å². The van der Waals surface area contributed by atoms with Crippen molar-refractivity contribution in [2.75, 3.05) is 26.7 Å². The van der Waals surface area contributed by atoms with Gasteiger partial charge in [-0.05, 0) is 6.92 Å². The Morgan fingerprint density at radius 3 is 2.87 bits per heavy atom. The fraction of sp³-hybridized carbons (Fsp3) is 0.889. The van der Waals surface area contributed by atoms with Gasteiger partial charge in [-0.3, -0.25) is 4.79 Å². The summed E-state index contributed by atoms with van der Waals surface area (Å²) in [6.45, 7) is 2.33. The lowest BCUT2D eigenvalue weighted by Gasteiger charge is -2.32. The highest BCUT2D eigenvalue weighted by Crippen LogP contribution is 2.08. The van der Waals surface area contributed by atoms with Gasteiger partial charge in [-0.15, -0.1) is 0 Å². The second-order valence-corrected chi connectivity index (χ2v) is 3.62. The van der Waals surface area contributed by atoms with Crippen LogP contribution in [0.3, 0.4) is 0 Å². The Balaban J connectivity index is 2.50. The first-order valence-electron chi connectivity index (χ1n) is 4.90. The number of rotatable bonds is 3. The lowest BCUT2D eigenvalue weighted by Crippen LogP contribution is -2.56. The first kappa shape index (κ1) is 12.3. The number of hydrogen-bond acceptors (Lipinski definition) is 3. The average molecular weight is 222 g/mol. The molecule has 4 nitrogen and oxygen atoms in total. The van der Waals surface area contributed by atoms with Crippen molar-refractivity contribution in [3.8, 4) is 0 Å². The summed E-state index contributed by atoms with van der Waals surface area (Å²) in [4.78, 5) is 12.7. The molecule has 0 bridgehead atoms. The van der Waals surface area contributed by atoms with Crippen molar-refractivity contribution in [2.24, 2.45) is 0 Å². The third-order valence-electron chi connectivity index (χ3n) is 2.37. The van der Waals surface area contributed by atoms with E-state index in [1.54, 1.807) is 6.92 Å². The van der Waals surface area contributed by atoms with Gasteiger partial charge in [0.2, 0.25) is 5.91 Å². The van der Waals surface area contributed by atoms with E-state index >= 15 is 0 Å². The van der Waals surface area contributed by atoms with Gasteiger partial charge >= 0.3 is 0 Å². The van der Waals surface area contributed by atoms with Gasteiger partial charge in [0.25, 0.3) is 6.43 Å². The van der Waals surface area contributed by atoms with Crippen LogP contribution in [-0.4, -0.2) is 56.1 Å². The molecule has 1 saturated heterocycles. The number of hydrogen-bond donors (Lipinski definition) is 1. The second-order valence-electron chi connectivity index (χ2n) is 3.62. The van der Waals surface area contributed by atoms with Gasteiger partial charge in [-0.1, -0.05) is 0 Å². The van der Waals surface area contributed by atoms with E-state index < -0.39 is 19.0 Å². The minimum atomic E-state index is -2.50. The number of ether oxygens (including phenoxy) is 1. The highest BCUT2D eigenvalue weighted by molar-refractivity contribution is 5.82. The molecule has 1 amide bonds. The number of halogens is 2. The molecular formula is C9H16F2N2O2. The molecule has 0 aromatic heterocycles. The van der Waals surface area contributed by atoms with E-state index in [1.807, 2.05) is 0 Å². The molecule has 15 heavy (non-hydrogen) atoms. The molecule has 1 aliphatic rings. The standard InChI is InChI=1S/C9H16F2N2O2/c1-6-8(12-3-4-15-6)9(14)13(2)5-7(10)11/h6-8,12H,3-5H2,1-2H3/t6-,8+/m1/s1. The van der Waals surface area contributed by atoms with Crippen molar-refractivity contribution in [1.82, 2.24) is 10.2 Å². The molecule has 1 heterocycles. The van der Waals surface area contributed by atoms with E-state index in [2.05, 4.69) is 5.32 Å². The lowest BCUT2D eigenvalue weighted by atomic mass is 10.1. The topological polar surface area (TPSA) is 41.6 Å². The van der Waals surface area contributed by atoms with Crippen LogP contribution in [0.2, 0.25) is 0 Å². The van der Waals surface area contributed by atoms with Crippen LogP contribution in [0.1, 0.15) is 6.92 Å². The van der Waals surface area contributed by atoms with E-state index in [1.165, 1.54) is 7.05 Å². The average Bonchev–Trinajstić information content (AvgIpc) is 2.16. The number of morpholine rings is 1. The first-order chi connectivity index (χ1) is 7.02. The van der Waals surface area contributed by atoms with E-state index in [0.29, 0.717) is 13.2 Å². The minimum absolute atomic E-state index is 0.272. The molecule has 0 aliphatic carbocycles. The molecular weight excluding hydrogens is 206 g/mol. The molecule has 2 atom stereocenters. The van der Waals surface area contributed by atoms with Crippen LogP contribution in [0, 0.1) is 0 Å². The number of alkyl halides is 2. The van der Waals surface area contributed by atoms with Gasteiger partial charge in [0.15, 0.2) is 0 Å². The van der Waals surface area contributed by atoms with E-state index in [0.717, 1.165) is 4.90 Å². The Morgan fingerprint density at radius 2 is 2.33 bits per heavy atom. The molecule has 0 aromatic carbocycles. The Hall–Kier alpha value is -0.750. The Bertz CT molecular complexity index is 226. The van der Waals surface area contributed by atoms with Crippen molar-refractivity contribution in [1.29, 1.82) is 0 Å². The number of carbonyl (C=O) groups is 1. The van der Waals surface area contributed by atoms with Gasteiger partial charge in [0.1, 0.15) is 6.04 Å². The van der Waals surface area contributed by atoms with Gasteiger partial charge in [0.05, 0.1) is 19.3 Å². The summed E-state index contributed by atoms with van der Waals surface area (Å²) in [6.07, 6.45) is -2.77. The van der Waals surface area contributed by atoms with Crippen molar-refractivity contribution < 1.29 is 18.3 Å². The third kappa shape index (κ3) is 3.39. The quantitative estimate of drug-likeness (QED) is 0.735. The Labute approximate surface area is 87.6 Å². The van der Waals surface area contributed by atoms with Gasteiger partial charge in [-0.25, -0.2) is 8.78 Å². The second kappa shape index (κ2) is 5.37. The summed E-state index contributed by atoms with van der Waals surface area (Å²) in [7, 11) is 1.37. The lowest BCUT2D eigenvalue weighted by molar-refractivity contribution is -0.139. The highest BCUT2D eigenvalue weighted by atomic mass is 19.3. The van der Waals surface area contributed by atoms with Crippen LogP contribution in [0.5, 0.6) is 0 Å². The molecule has 1 fully saturated rings. The zero-order chi connectivity index (χ0) is 11.4. The zero-order valence-electron chi connectivity index (χ0n) is 8.87. The molecule has 6 heteroatoms. The summed E-state index contributed by atoms with van der Waals surface area (Å²) >= 11 is 0. The monoisotopic (exact) mass is 222 g/mol. The SMILES string of the molecule is C[C@H]1OCCN[C@@H]1C(=O)N(C)CC(F)F. The van der Waals surface area contributed by atoms with Crippen molar-refractivity contribution in [3.05, 3.63) is 0 Å². The van der Waals surface area contributed by atoms with E-state index in [-0.39, 0.29) is 12.0 Å². The fourth-order valence-electron chi connectivity index (χ4n) is 1.54. The van der Waals surface area contributed by atoms with Crippen LogP contribution in [0.15, 0.2) is 0 Å². The highest BCUT2D eigenvalue weighted by Gasteiger charge is 2.31. The summed E-state index contributed by atoms with van der Waals surface area (Å²) in [5, 5.41) is 2.96. The fourth-order valence-corrected chi connectivity index (χ4v) is 1.54. The predicted molar refractivity (Wildman–Crippen MR) is 50.8 cm³/mol. The van der Waals surface area contributed by atoms with E-state index in [4.69, 9.17) is 4.74 Å². The third-order valence-corrected chi connectivity index (χ3v) is 2.37. The van der Waals surface area contributed by atoms with Crippen LogP contribution in [-0.2, 0) is 9.53 Å². The smallest absolute Gasteiger partial charge is 0.255 e. The number of nitrogens with one attached hydrogen (secondary N) is 1. The Morgan fingerprint density at radius 1 is 1.67 bits per heavy atom. The maximum Gasteiger partial charge on any atom is 0.255 e. The maximum atomic E-state index is 12.1. The first-order valence-corrected chi connectivity index (χ1v) is 4.90. The molecule has 1 rings (SSSR count). The summed E-state index contributed by atoms with van der Waals surface area (Å²) in [5.74, 6) is -0.345. The molecule has 0 aromatic rings. The normalized spacial score (nSPS) is 26.7. The maximum absolute atomic E-state index is 12.1. The van der Waals surface area contributed by atoms with E-state index in [9.17, 15) is 13.6 Å². The van der Waals surface area contributed by atoms with Crippen molar-refractivity contribution >= 4 is 5.91 Å². The summed E-state index contributed by atoms with van der Waals surface area (Å²) < 4.78 is 29.4. The molecule has 0 saturated carbocycles. The van der Waals surface area contributed by atoms with Crippen molar-refractivity contribution in [3.63, 3.8) is 0 Å². The van der Waals surface area contributed by atoms with Crippen molar-refractivity contribution in [2.45, 2.75) is 25.5 Å². The van der Waals surface area contributed by atoms with Crippen LogP contribution in [0.4, 0.5) is 8.78 Å². The van der Waals surface area contributed by atoms with Gasteiger partial charge in [-0.2, -0.15) is 0 Å². The molecule has 88 valence electrons. The molecule has 0 radical (unpaired) electrons. The molecule has 0 spiro atoms. The van der Waals surface area contributed by atoms with Gasteiger partial charge in [0, 0.05) is 13.6 Å². The molecule has 1 N–H and O–H groups in total. The predicted octanol–water partition coefficient (Wildman–Crippen LogP) is 0.0868. The van der Waals surface area contributed by atoms with Gasteiger partial charge < -0.3 is 15.0 Å². The van der Waals surface area contributed by atoms with Crippen LogP contribution >= 0.6 is 0 Å². The number of amides is 1. The number of likely N-dealkylation sites (N-methyl/N-ethyl adjacent to an activating group) is 1. The molecule has 0 unspecified atom stereocenters. The minimum Gasteiger partial charge on any atom is -0.375 e. The largest absolute Gasteiger partial charge is 0.375 e. The number of carbonyl (C=O) groups excluding carboxylic acids is 1. The Kier molecular flexibility index (Phi) is 4.41. The molecule has 1 aliphatic heterocycles. The summed E-state index contributed by atoms with van der Waals surface area (Å²) in [6, 6.07) is -0.512. The van der Waals surface area contributed by atoms with Crippen LogP contribution in [0.25, 0.3) is 0 Å². The summed E-state index contributed by atoms with van der Waals surface area (Å²) in [5.41, 5.74) is 0.